The maximum atomic E-state index is 10.9. The molecule has 0 saturated heterocycles. The summed E-state index contributed by atoms with van der Waals surface area (Å²) in [5.41, 5.74) is 5.00. The van der Waals surface area contributed by atoms with E-state index in [0.29, 0.717) is 20.3 Å². The molecule has 1 N–H and O–H groups in total. The maximum Gasteiger partial charge on any atom is 0.231 e. The highest BCUT2D eigenvalue weighted by Gasteiger charge is 2.20. The second-order valence-electron chi connectivity index (χ2n) is 6.45. The summed E-state index contributed by atoms with van der Waals surface area (Å²) in [6.07, 6.45) is 4.71. The van der Waals surface area contributed by atoms with Gasteiger partial charge in [-0.3, -0.25) is 9.56 Å². The monoisotopic (exact) mass is 408 g/mol. The molecule has 0 radical (unpaired) electrons. The summed E-state index contributed by atoms with van der Waals surface area (Å²) in [6.45, 7) is 2.32. The predicted molar refractivity (Wildman–Crippen MR) is 114 cm³/mol. The van der Waals surface area contributed by atoms with Crippen LogP contribution in [0.2, 0.25) is 0 Å². The van der Waals surface area contributed by atoms with E-state index in [9.17, 15) is 5.11 Å². The highest BCUT2D eigenvalue weighted by Crippen LogP contribution is 2.40. The first-order chi connectivity index (χ1) is 13.7. The zero-order chi connectivity index (χ0) is 19.3. The van der Waals surface area contributed by atoms with E-state index in [0.717, 1.165) is 28.9 Å². The van der Waals surface area contributed by atoms with Gasteiger partial charge in [-0.25, -0.2) is 0 Å². The Bertz CT molecular complexity index is 1220. The van der Waals surface area contributed by atoms with Crippen molar-refractivity contribution in [3.05, 3.63) is 56.4 Å². The molecule has 2 aliphatic rings. The van der Waals surface area contributed by atoms with Crippen LogP contribution in [0, 0.1) is 3.95 Å². The summed E-state index contributed by atoms with van der Waals surface area (Å²) < 4.78 is 13.0. The van der Waals surface area contributed by atoms with Gasteiger partial charge in [-0.2, -0.15) is 0 Å². The lowest BCUT2D eigenvalue weighted by molar-refractivity contribution is 0.174. The van der Waals surface area contributed by atoms with Crippen molar-refractivity contribution in [1.82, 2.24) is 4.57 Å². The standard InChI is InChI=1S/C21H16N2O3S2/c1-2-12-4-3-5-15-13(10-22-19(12)15)8-18-20(24)23(21(27)28-18)14-6-7-16-17(9-14)26-11-25-16/h3-10,24H,2,11H2,1H3. The summed E-state index contributed by atoms with van der Waals surface area (Å²) in [7, 11) is 0. The van der Waals surface area contributed by atoms with Crippen molar-refractivity contribution in [2.45, 2.75) is 13.3 Å². The first-order valence-corrected chi connectivity index (χ1v) is 10.1. The number of para-hydroxylation sites is 1. The van der Waals surface area contributed by atoms with Crippen LogP contribution in [0.4, 0.5) is 5.69 Å². The number of hydrogen-bond acceptors (Lipinski definition) is 6. The predicted octanol–water partition coefficient (Wildman–Crippen LogP) is 5.52. The number of aryl methyl sites for hydroxylation is 1. The van der Waals surface area contributed by atoms with Crippen molar-refractivity contribution in [3.8, 4) is 23.1 Å². The molecule has 3 aromatic rings. The lowest BCUT2D eigenvalue weighted by Crippen LogP contribution is -1.94. The number of aromatic hydroxyl groups is 1. The van der Waals surface area contributed by atoms with Crippen LogP contribution >= 0.6 is 23.6 Å². The van der Waals surface area contributed by atoms with Crippen LogP contribution in [-0.4, -0.2) is 22.7 Å². The number of allylic oxidation sites excluding steroid dienone is 1. The molecule has 0 bridgehead atoms. The van der Waals surface area contributed by atoms with Gasteiger partial charge < -0.3 is 14.6 Å². The van der Waals surface area contributed by atoms with E-state index in [1.807, 2.05) is 36.6 Å². The van der Waals surface area contributed by atoms with E-state index in [1.54, 1.807) is 4.57 Å². The number of aliphatic imine (C=N–C) groups is 1. The summed E-state index contributed by atoms with van der Waals surface area (Å²) >= 11 is 6.87. The summed E-state index contributed by atoms with van der Waals surface area (Å²) in [4.78, 5) is 5.26. The molecular formula is C21H16N2O3S2. The third kappa shape index (κ3) is 2.66. The lowest BCUT2D eigenvalue weighted by atomic mass is 10.0. The van der Waals surface area contributed by atoms with Gasteiger partial charge in [0.1, 0.15) is 0 Å². The summed E-state index contributed by atoms with van der Waals surface area (Å²) in [5, 5.41) is 10.9. The Morgan fingerprint density at radius 1 is 1.25 bits per heavy atom. The first kappa shape index (κ1) is 17.2. The minimum atomic E-state index is 0.106. The van der Waals surface area contributed by atoms with Gasteiger partial charge in [0, 0.05) is 23.4 Å². The van der Waals surface area contributed by atoms with Crippen molar-refractivity contribution in [3.63, 3.8) is 0 Å². The normalized spacial score (nSPS) is 15.4. The SMILES string of the molecule is CCc1cccc2c1N=CC2=Cc1sc(=S)n(-c2ccc3c(c2)OCO3)c1O. The fraction of sp³-hybridized carbons (Fsp3) is 0.143. The van der Waals surface area contributed by atoms with Gasteiger partial charge >= 0.3 is 0 Å². The van der Waals surface area contributed by atoms with Crippen molar-refractivity contribution < 1.29 is 14.6 Å². The average molecular weight is 409 g/mol. The highest BCUT2D eigenvalue weighted by molar-refractivity contribution is 7.73. The molecule has 0 atom stereocenters. The number of benzene rings is 2. The van der Waals surface area contributed by atoms with Crippen molar-refractivity contribution in [2.75, 3.05) is 6.79 Å². The van der Waals surface area contributed by atoms with Gasteiger partial charge in [-0.15, -0.1) is 11.3 Å². The molecule has 0 aliphatic carbocycles. The maximum absolute atomic E-state index is 10.9. The fourth-order valence-corrected chi connectivity index (χ4v) is 4.75. The molecule has 2 aromatic carbocycles. The highest BCUT2D eigenvalue weighted by atomic mass is 32.1. The second-order valence-corrected chi connectivity index (χ2v) is 8.13. The molecule has 1 aromatic heterocycles. The van der Waals surface area contributed by atoms with Crippen LogP contribution in [0.1, 0.15) is 22.9 Å². The quantitative estimate of drug-likeness (QED) is 0.580. The molecular weight excluding hydrogens is 392 g/mol. The molecule has 2 aliphatic heterocycles. The zero-order valence-corrected chi connectivity index (χ0v) is 16.6. The topological polar surface area (TPSA) is 56.0 Å². The summed E-state index contributed by atoms with van der Waals surface area (Å²) in [5.74, 6) is 1.45. The molecule has 28 heavy (non-hydrogen) atoms. The van der Waals surface area contributed by atoms with Gasteiger partial charge in [0.15, 0.2) is 15.5 Å². The first-order valence-electron chi connectivity index (χ1n) is 8.88. The number of nitrogens with zero attached hydrogens (tertiary/aromatic N) is 2. The number of thiazole rings is 1. The Labute approximate surface area is 170 Å². The molecule has 0 unspecified atom stereocenters. The molecule has 7 heteroatoms. The Morgan fingerprint density at radius 3 is 2.96 bits per heavy atom. The Morgan fingerprint density at radius 2 is 2.11 bits per heavy atom. The van der Waals surface area contributed by atoms with E-state index in [2.05, 4.69) is 24.0 Å². The van der Waals surface area contributed by atoms with Crippen LogP contribution in [0.15, 0.2) is 41.4 Å². The second kappa shape index (κ2) is 6.61. The molecule has 3 heterocycles. The van der Waals surface area contributed by atoms with Crippen LogP contribution in [0.25, 0.3) is 17.3 Å². The molecule has 0 fully saturated rings. The number of aromatic nitrogens is 1. The van der Waals surface area contributed by atoms with E-state index in [4.69, 9.17) is 21.7 Å². The van der Waals surface area contributed by atoms with E-state index in [1.165, 1.54) is 16.9 Å². The van der Waals surface area contributed by atoms with Crippen molar-refractivity contribution in [2.24, 2.45) is 4.99 Å². The Hall–Kier alpha value is -2.90. The minimum absolute atomic E-state index is 0.106. The van der Waals surface area contributed by atoms with Gasteiger partial charge in [0.25, 0.3) is 0 Å². The van der Waals surface area contributed by atoms with E-state index in [-0.39, 0.29) is 12.7 Å². The van der Waals surface area contributed by atoms with Gasteiger partial charge in [-0.05, 0) is 42.4 Å². The molecule has 140 valence electrons. The average Bonchev–Trinajstić information content (AvgIpc) is 3.40. The third-order valence-corrected chi connectivity index (χ3v) is 6.17. The van der Waals surface area contributed by atoms with E-state index < -0.39 is 0 Å². The molecule has 0 saturated carbocycles. The molecule has 0 amide bonds. The number of fused-ring (bicyclic) bond motifs is 2. The molecule has 0 spiro atoms. The Balaban J connectivity index is 1.58. The Kier molecular flexibility index (Phi) is 4.07. The largest absolute Gasteiger partial charge is 0.493 e. The third-order valence-electron chi connectivity index (χ3n) is 4.86. The van der Waals surface area contributed by atoms with Crippen molar-refractivity contribution in [1.29, 1.82) is 0 Å². The fourth-order valence-electron chi connectivity index (χ4n) is 3.45. The van der Waals surface area contributed by atoms with E-state index >= 15 is 0 Å². The number of ether oxygens (including phenoxy) is 2. The van der Waals surface area contributed by atoms with Crippen LogP contribution < -0.4 is 9.47 Å². The van der Waals surface area contributed by atoms with Crippen LogP contribution in [-0.2, 0) is 6.42 Å². The van der Waals surface area contributed by atoms with Gasteiger partial charge in [0.2, 0.25) is 12.7 Å². The zero-order valence-electron chi connectivity index (χ0n) is 15.0. The summed E-state index contributed by atoms with van der Waals surface area (Å²) in [6, 6.07) is 11.7. The van der Waals surface area contributed by atoms with Crippen molar-refractivity contribution >= 4 is 47.1 Å². The molecule has 5 nitrogen and oxygen atoms in total. The van der Waals surface area contributed by atoms with Gasteiger partial charge in [0.05, 0.1) is 16.3 Å². The lowest BCUT2D eigenvalue weighted by Gasteiger charge is -2.06. The smallest absolute Gasteiger partial charge is 0.231 e. The van der Waals surface area contributed by atoms with Gasteiger partial charge in [-0.1, -0.05) is 25.1 Å². The van der Waals surface area contributed by atoms with Crippen LogP contribution in [0.5, 0.6) is 17.4 Å². The molecule has 5 rings (SSSR count). The minimum Gasteiger partial charge on any atom is -0.493 e. The van der Waals surface area contributed by atoms with Crippen LogP contribution in [0.3, 0.4) is 0 Å². The number of hydrogen-bond donors (Lipinski definition) is 1. The number of rotatable bonds is 3.